The second-order valence-corrected chi connectivity index (χ2v) is 2.99. The maximum Gasteiger partial charge on any atom is 0.340 e. The van der Waals surface area contributed by atoms with Gasteiger partial charge in [0.2, 0.25) is 0 Å². The summed E-state index contributed by atoms with van der Waals surface area (Å²) in [5.41, 5.74) is 0.153. The van der Waals surface area contributed by atoms with Gasteiger partial charge in [0.15, 0.2) is 6.29 Å². The fourth-order valence-electron chi connectivity index (χ4n) is 1.08. The van der Waals surface area contributed by atoms with E-state index < -0.39 is 5.97 Å². The third-order valence-electron chi connectivity index (χ3n) is 1.81. The van der Waals surface area contributed by atoms with Crippen LogP contribution in [0.2, 0.25) is 5.02 Å². The molecule has 76 valence electrons. The Labute approximate surface area is 91.0 Å². The number of carbonyl (C=O) groups excluding carboxylic acids is 2. The summed E-state index contributed by atoms with van der Waals surface area (Å²) in [6.07, 6.45) is 0.510. The quantitative estimate of drug-likeness (QED) is 0.567. The Morgan fingerprint density at radius 3 is 2.73 bits per heavy atom. The number of hydrogen-bond donors (Lipinski definition) is 0. The third-order valence-corrected chi connectivity index (χ3v) is 2.22. The van der Waals surface area contributed by atoms with Crippen LogP contribution in [0.3, 0.4) is 0 Å². The van der Waals surface area contributed by atoms with Gasteiger partial charge in [0.25, 0.3) is 0 Å². The van der Waals surface area contributed by atoms with E-state index in [1.165, 1.54) is 19.2 Å². The molecule has 0 fully saturated rings. The highest BCUT2D eigenvalue weighted by Gasteiger charge is 2.18. The summed E-state index contributed by atoms with van der Waals surface area (Å²) >= 11 is 5.78. The van der Waals surface area contributed by atoms with Gasteiger partial charge in [-0.2, -0.15) is 5.26 Å². The minimum atomic E-state index is -0.736. The number of carbonyl (C=O) groups is 2. The second kappa shape index (κ2) is 4.58. The molecule has 1 aromatic carbocycles. The van der Waals surface area contributed by atoms with Crippen LogP contribution in [0.15, 0.2) is 12.1 Å². The van der Waals surface area contributed by atoms with Crippen molar-refractivity contribution in [2.45, 2.75) is 0 Å². The van der Waals surface area contributed by atoms with Crippen LogP contribution < -0.4 is 0 Å². The van der Waals surface area contributed by atoms with Gasteiger partial charge in [-0.25, -0.2) is 4.79 Å². The van der Waals surface area contributed by atoms with Gasteiger partial charge in [-0.05, 0) is 12.1 Å². The van der Waals surface area contributed by atoms with Crippen molar-refractivity contribution in [1.82, 2.24) is 0 Å². The second-order valence-electron chi connectivity index (χ2n) is 2.61. The van der Waals surface area contributed by atoms with E-state index in [0.717, 1.165) is 0 Å². The van der Waals surface area contributed by atoms with Crippen molar-refractivity contribution >= 4 is 23.9 Å². The molecular formula is C10H6ClNO3. The molecule has 0 aromatic heterocycles. The van der Waals surface area contributed by atoms with E-state index in [2.05, 4.69) is 4.74 Å². The monoisotopic (exact) mass is 223 g/mol. The molecule has 0 atom stereocenters. The first-order valence-electron chi connectivity index (χ1n) is 3.91. The zero-order valence-electron chi connectivity index (χ0n) is 7.78. The van der Waals surface area contributed by atoms with Gasteiger partial charge in [-0.3, -0.25) is 4.79 Å². The normalized spacial score (nSPS) is 9.13. The minimum absolute atomic E-state index is 0.0594. The number of esters is 1. The maximum atomic E-state index is 11.3. The molecule has 0 unspecified atom stereocenters. The molecular weight excluding hydrogens is 218 g/mol. The first kappa shape index (κ1) is 11.2. The van der Waals surface area contributed by atoms with Crippen molar-refractivity contribution in [3.8, 4) is 6.07 Å². The van der Waals surface area contributed by atoms with Crippen molar-refractivity contribution in [2.75, 3.05) is 7.11 Å². The Morgan fingerprint density at radius 2 is 2.27 bits per heavy atom. The van der Waals surface area contributed by atoms with Gasteiger partial charge >= 0.3 is 5.97 Å². The molecule has 0 N–H and O–H groups in total. The molecule has 1 rings (SSSR count). The molecule has 5 heteroatoms. The first-order valence-corrected chi connectivity index (χ1v) is 4.29. The third kappa shape index (κ3) is 1.97. The van der Waals surface area contributed by atoms with E-state index in [1.54, 1.807) is 6.07 Å². The van der Waals surface area contributed by atoms with Gasteiger partial charge in [0.1, 0.15) is 6.07 Å². The topological polar surface area (TPSA) is 67.2 Å². The van der Waals surface area contributed by atoms with Crippen molar-refractivity contribution in [3.63, 3.8) is 0 Å². The lowest BCUT2D eigenvalue weighted by Gasteiger charge is -2.05. The lowest BCUT2D eigenvalue weighted by Crippen LogP contribution is -2.06. The molecule has 0 aliphatic heterocycles. The minimum Gasteiger partial charge on any atom is -0.465 e. The fourth-order valence-corrected chi connectivity index (χ4v) is 1.36. The first-order chi connectivity index (χ1) is 7.15. The summed E-state index contributed by atoms with van der Waals surface area (Å²) in [5, 5.41) is 8.69. The van der Waals surface area contributed by atoms with E-state index in [-0.39, 0.29) is 21.7 Å². The van der Waals surface area contributed by atoms with Gasteiger partial charge in [0, 0.05) is 5.56 Å². The fraction of sp³-hybridized carbons (Fsp3) is 0.100. The number of benzene rings is 1. The molecule has 0 aliphatic carbocycles. The lowest BCUT2D eigenvalue weighted by atomic mass is 10.1. The molecule has 0 radical (unpaired) electrons. The van der Waals surface area contributed by atoms with Crippen LogP contribution in [0.5, 0.6) is 0 Å². The predicted octanol–water partition coefficient (Wildman–Crippen LogP) is 1.81. The smallest absolute Gasteiger partial charge is 0.340 e. The SMILES string of the molecule is COC(=O)c1c(C#N)ccc(C=O)c1Cl. The summed E-state index contributed by atoms with van der Waals surface area (Å²) in [6.45, 7) is 0. The molecule has 0 saturated heterocycles. The number of hydrogen-bond acceptors (Lipinski definition) is 4. The molecule has 1 aromatic rings. The van der Waals surface area contributed by atoms with Crippen LogP contribution in [-0.4, -0.2) is 19.4 Å². The van der Waals surface area contributed by atoms with Crippen molar-refractivity contribution in [1.29, 1.82) is 5.26 Å². The molecule has 15 heavy (non-hydrogen) atoms. The van der Waals surface area contributed by atoms with Crippen LogP contribution in [0.4, 0.5) is 0 Å². The Kier molecular flexibility index (Phi) is 3.42. The van der Waals surface area contributed by atoms with Gasteiger partial charge in [-0.1, -0.05) is 11.6 Å². The molecule has 0 amide bonds. The Morgan fingerprint density at radius 1 is 1.60 bits per heavy atom. The number of aldehydes is 1. The lowest BCUT2D eigenvalue weighted by molar-refractivity contribution is 0.0600. The molecule has 0 saturated carbocycles. The van der Waals surface area contributed by atoms with E-state index in [1.807, 2.05) is 0 Å². The summed E-state index contributed by atoms with van der Waals surface area (Å²) in [6, 6.07) is 4.53. The summed E-state index contributed by atoms with van der Waals surface area (Å²) in [7, 11) is 1.17. The van der Waals surface area contributed by atoms with Crippen LogP contribution in [0, 0.1) is 11.3 Å². The molecule has 4 nitrogen and oxygen atoms in total. The van der Waals surface area contributed by atoms with E-state index in [4.69, 9.17) is 16.9 Å². The number of methoxy groups -OCH3 is 1. The van der Waals surface area contributed by atoms with Crippen LogP contribution in [0.25, 0.3) is 0 Å². The van der Waals surface area contributed by atoms with Crippen molar-refractivity contribution in [2.24, 2.45) is 0 Å². The highest BCUT2D eigenvalue weighted by Crippen LogP contribution is 2.24. The average molecular weight is 224 g/mol. The van der Waals surface area contributed by atoms with Gasteiger partial charge in [0.05, 0.1) is 23.3 Å². The Balaban J connectivity index is 3.51. The summed E-state index contributed by atoms with van der Waals surface area (Å²) < 4.78 is 4.47. The van der Waals surface area contributed by atoms with E-state index in [9.17, 15) is 9.59 Å². The zero-order valence-corrected chi connectivity index (χ0v) is 8.54. The highest BCUT2D eigenvalue weighted by molar-refractivity contribution is 6.36. The number of ether oxygens (including phenoxy) is 1. The number of nitrogens with zero attached hydrogens (tertiary/aromatic N) is 1. The van der Waals surface area contributed by atoms with Crippen molar-refractivity contribution in [3.05, 3.63) is 33.8 Å². The van der Waals surface area contributed by atoms with Crippen molar-refractivity contribution < 1.29 is 14.3 Å². The average Bonchev–Trinajstić information content (AvgIpc) is 2.27. The molecule has 0 heterocycles. The molecule has 0 bridgehead atoms. The van der Waals surface area contributed by atoms with E-state index in [0.29, 0.717) is 6.29 Å². The Hall–Kier alpha value is -1.86. The maximum absolute atomic E-state index is 11.3. The Bertz CT molecular complexity index is 462. The summed E-state index contributed by atoms with van der Waals surface area (Å²) in [4.78, 5) is 21.9. The van der Waals surface area contributed by atoms with Gasteiger partial charge in [-0.15, -0.1) is 0 Å². The zero-order chi connectivity index (χ0) is 11.4. The summed E-state index contributed by atoms with van der Waals surface area (Å²) in [5.74, 6) is -0.736. The van der Waals surface area contributed by atoms with E-state index >= 15 is 0 Å². The molecule has 0 spiro atoms. The molecule has 0 aliphatic rings. The highest BCUT2D eigenvalue weighted by atomic mass is 35.5. The largest absolute Gasteiger partial charge is 0.465 e. The standard InChI is InChI=1S/C10H6ClNO3/c1-15-10(14)8-6(4-12)2-3-7(5-13)9(8)11/h2-3,5H,1H3. The number of nitriles is 1. The van der Waals surface area contributed by atoms with Gasteiger partial charge < -0.3 is 4.74 Å². The predicted molar refractivity (Wildman–Crippen MR) is 52.9 cm³/mol. The number of halogens is 1. The number of rotatable bonds is 2. The van der Waals surface area contributed by atoms with Crippen LogP contribution >= 0.6 is 11.6 Å². The van der Waals surface area contributed by atoms with Crippen LogP contribution in [-0.2, 0) is 4.74 Å². The van der Waals surface area contributed by atoms with Crippen LogP contribution in [0.1, 0.15) is 26.3 Å².